The maximum absolute atomic E-state index is 14.0. The highest BCUT2D eigenvalue weighted by molar-refractivity contribution is 8.00. The van der Waals surface area contributed by atoms with E-state index in [1.54, 1.807) is 0 Å². The highest BCUT2D eigenvalue weighted by atomic mass is 32.2. The van der Waals surface area contributed by atoms with Gasteiger partial charge in [-0.25, -0.2) is 8.78 Å². The normalized spacial score (nSPS) is 15.6. The SMILES string of the molecule is CC1(CN(Sc2cc(F)cc(F)c2)c2cc3c(cc2OCc2ccc(CCC(=O)O)cc2)CCC3)COC1. The van der Waals surface area contributed by atoms with E-state index in [-0.39, 0.29) is 11.8 Å². The molecule has 0 atom stereocenters. The summed E-state index contributed by atoms with van der Waals surface area (Å²) >= 11 is 1.31. The fraction of sp³-hybridized carbons (Fsp3) is 0.367. The third-order valence-electron chi connectivity index (χ3n) is 6.97. The number of hydrogen-bond acceptors (Lipinski definition) is 5. The molecule has 0 bridgehead atoms. The lowest BCUT2D eigenvalue weighted by Crippen LogP contribution is -2.47. The molecule has 2 aliphatic rings. The minimum atomic E-state index is -0.813. The van der Waals surface area contributed by atoms with E-state index >= 15 is 0 Å². The number of hydrogen-bond donors (Lipinski definition) is 1. The third-order valence-corrected chi connectivity index (χ3v) is 7.96. The largest absolute Gasteiger partial charge is 0.487 e. The van der Waals surface area contributed by atoms with Crippen molar-refractivity contribution in [1.82, 2.24) is 0 Å². The van der Waals surface area contributed by atoms with Crippen LogP contribution < -0.4 is 9.04 Å². The van der Waals surface area contributed by atoms with Gasteiger partial charge in [0.25, 0.3) is 0 Å². The van der Waals surface area contributed by atoms with Crippen LogP contribution >= 0.6 is 11.9 Å². The standard InChI is InChI=1S/C30H31F2NO4S/c1-30(18-36-19-30)17-33(38-26-14-24(31)13-25(32)15-26)27-11-22-3-2-4-23(22)12-28(27)37-16-21-7-5-20(6-8-21)9-10-29(34)35/h5-8,11-15H,2-4,9-10,16-19H2,1H3,(H,34,35). The van der Waals surface area contributed by atoms with E-state index < -0.39 is 17.6 Å². The Kier molecular flexibility index (Phi) is 7.91. The lowest BCUT2D eigenvalue weighted by molar-refractivity contribution is -0.136. The lowest BCUT2D eigenvalue weighted by atomic mass is 9.88. The molecule has 0 unspecified atom stereocenters. The van der Waals surface area contributed by atoms with Gasteiger partial charge in [-0.05, 0) is 84.2 Å². The van der Waals surface area contributed by atoms with Gasteiger partial charge >= 0.3 is 5.97 Å². The summed E-state index contributed by atoms with van der Waals surface area (Å²) < 4.78 is 42.0. The number of benzene rings is 3. The van der Waals surface area contributed by atoms with Crippen molar-refractivity contribution in [3.05, 3.63) is 88.5 Å². The maximum Gasteiger partial charge on any atom is 0.303 e. The van der Waals surface area contributed by atoms with Gasteiger partial charge in [0.2, 0.25) is 0 Å². The molecule has 1 saturated heterocycles. The van der Waals surface area contributed by atoms with Crippen molar-refractivity contribution in [1.29, 1.82) is 0 Å². The topological polar surface area (TPSA) is 59.0 Å². The van der Waals surface area contributed by atoms with Crippen LogP contribution in [0.5, 0.6) is 5.75 Å². The molecule has 0 amide bonds. The molecule has 0 radical (unpaired) electrons. The number of aryl methyl sites for hydroxylation is 3. The van der Waals surface area contributed by atoms with Crippen molar-refractivity contribution in [2.24, 2.45) is 5.41 Å². The summed E-state index contributed by atoms with van der Waals surface area (Å²) in [7, 11) is 0. The molecule has 1 N–H and O–H groups in total. The molecular weight excluding hydrogens is 508 g/mol. The fourth-order valence-corrected chi connectivity index (χ4v) is 6.08. The van der Waals surface area contributed by atoms with E-state index in [0.717, 1.165) is 47.9 Å². The number of anilines is 1. The average molecular weight is 540 g/mol. The summed E-state index contributed by atoms with van der Waals surface area (Å²) in [6.07, 6.45) is 3.66. The summed E-state index contributed by atoms with van der Waals surface area (Å²) in [4.78, 5) is 11.3. The summed E-state index contributed by atoms with van der Waals surface area (Å²) in [5, 5.41) is 8.92. The van der Waals surface area contributed by atoms with Crippen molar-refractivity contribution >= 4 is 23.6 Å². The molecule has 1 heterocycles. The van der Waals surface area contributed by atoms with Crippen molar-refractivity contribution in [2.75, 3.05) is 24.1 Å². The summed E-state index contributed by atoms with van der Waals surface area (Å²) in [5.41, 5.74) is 5.29. The molecule has 3 aromatic rings. The summed E-state index contributed by atoms with van der Waals surface area (Å²) in [6.45, 7) is 4.37. The number of halogens is 2. The first-order valence-electron chi connectivity index (χ1n) is 12.8. The second-order valence-corrected chi connectivity index (χ2v) is 11.6. The van der Waals surface area contributed by atoms with E-state index in [4.69, 9.17) is 14.6 Å². The third kappa shape index (κ3) is 6.48. The number of nitrogens with zero attached hydrogens (tertiary/aromatic N) is 1. The summed E-state index contributed by atoms with van der Waals surface area (Å²) in [6, 6.07) is 15.6. The van der Waals surface area contributed by atoms with Crippen molar-refractivity contribution in [2.45, 2.75) is 50.5 Å². The van der Waals surface area contributed by atoms with Crippen LogP contribution in [-0.4, -0.2) is 30.8 Å². The predicted octanol–water partition coefficient (Wildman–Crippen LogP) is 6.60. The fourth-order valence-electron chi connectivity index (χ4n) is 4.88. The molecule has 0 aromatic heterocycles. The van der Waals surface area contributed by atoms with Crippen LogP contribution in [0.25, 0.3) is 0 Å². The minimum absolute atomic E-state index is 0.0824. The zero-order valence-electron chi connectivity index (χ0n) is 21.3. The van der Waals surface area contributed by atoms with E-state index in [1.807, 2.05) is 24.3 Å². The zero-order chi connectivity index (χ0) is 26.7. The molecule has 1 aliphatic heterocycles. The Morgan fingerprint density at radius 2 is 1.68 bits per heavy atom. The summed E-state index contributed by atoms with van der Waals surface area (Å²) in [5.74, 6) is -1.30. The van der Waals surface area contributed by atoms with E-state index in [9.17, 15) is 13.6 Å². The van der Waals surface area contributed by atoms with Crippen LogP contribution in [0.4, 0.5) is 14.5 Å². The second-order valence-electron chi connectivity index (χ2n) is 10.5. The van der Waals surface area contributed by atoms with Gasteiger partial charge in [-0.2, -0.15) is 0 Å². The van der Waals surface area contributed by atoms with Gasteiger partial charge in [-0.3, -0.25) is 4.79 Å². The number of rotatable bonds is 11. The average Bonchev–Trinajstić information content (AvgIpc) is 3.32. The van der Waals surface area contributed by atoms with E-state index in [1.165, 1.54) is 35.2 Å². The Morgan fingerprint density at radius 1 is 1.03 bits per heavy atom. The Bertz CT molecular complexity index is 1290. The first-order valence-corrected chi connectivity index (χ1v) is 13.6. The Hall–Kier alpha value is -3.10. The van der Waals surface area contributed by atoms with Gasteiger partial charge in [0.15, 0.2) is 0 Å². The van der Waals surface area contributed by atoms with Crippen LogP contribution in [0, 0.1) is 17.0 Å². The number of carboxylic acids is 1. The van der Waals surface area contributed by atoms with Crippen LogP contribution in [0.2, 0.25) is 0 Å². The minimum Gasteiger partial charge on any atom is -0.487 e. The van der Waals surface area contributed by atoms with Crippen LogP contribution in [0.3, 0.4) is 0 Å². The Balaban J connectivity index is 1.42. The molecule has 5 rings (SSSR count). The van der Waals surface area contributed by atoms with Gasteiger partial charge < -0.3 is 18.9 Å². The van der Waals surface area contributed by atoms with Crippen molar-refractivity contribution < 1.29 is 28.2 Å². The number of ether oxygens (including phenoxy) is 2. The highest BCUT2D eigenvalue weighted by Crippen LogP contribution is 2.43. The second kappa shape index (κ2) is 11.3. The molecule has 0 spiro atoms. The molecule has 1 fully saturated rings. The number of aliphatic carboxylic acids is 1. The maximum atomic E-state index is 14.0. The molecule has 0 saturated carbocycles. The smallest absolute Gasteiger partial charge is 0.303 e. The van der Waals surface area contributed by atoms with Gasteiger partial charge in [0.1, 0.15) is 24.0 Å². The van der Waals surface area contributed by atoms with E-state index in [2.05, 4.69) is 23.4 Å². The predicted molar refractivity (Wildman–Crippen MR) is 144 cm³/mol. The number of carboxylic acid groups (broad SMARTS) is 1. The first kappa shape index (κ1) is 26.5. The molecular formula is C30H31F2NO4S. The highest BCUT2D eigenvalue weighted by Gasteiger charge is 2.37. The molecule has 1 aliphatic carbocycles. The van der Waals surface area contributed by atoms with Gasteiger partial charge in [-0.1, -0.05) is 31.2 Å². The number of carbonyl (C=O) groups is 1. The molecule has 8 heteroatoms. The van der Waals surface area contributed by atoms with Crippen molar-refractivity contribution in [3.63, 3.8) is 0 Å². The van der Waals surface area contributed by atoms with Crippen LogP contribution in [0.15, 0.2) is 59.5 Å². The Labute approximate surface area is 225 Å². The van der Waals surface area contributed by atoms with Crippen LogP contribution in [-0.2, 0) is 35.4 Å². The molecule has 5 nitrogen and oxygen atoms in total. The first-order chi connectivity index (χ1) is 18.3. The van der Waals surface area contributed by atoms with E-state index in [0.29, 0.717) is 37.7 Å². The molecule has 3 aromatic carbocycles. The van der Waals surface area contributed by atoms with Crippen molar-refractivity contribution in [3.8, 4) is 5.75 Å². The van der Waals surface area contributed by atoms with Gasteiger partial charge in [0.05, 0.1) is 18.9 Å². The van der Waals surface area contributed by atoms with Gasteiger partial charge in [-0.15, -0.1) is 0 Å². The monoisotopic (exact) mass is 539 g/mol. The lowest BCUT2D eigenvalue weighted by Gasteiger charge is -2.42. The molecule has 200 valence electrons. The Morgan fingerprint density at radius 3 is 2.32 bits per heavy atom. The quantitative estimate of drug-likeness (QED) is 0.277. The van der Waals surface area contributed by atoms with Gasteiger partial charge in [0, 0.05) is 29.3 Å². The van der Waals surface area contributed by atoms with Crippen LogP contribution in [0.1, 0.15) is 42.0 Å². The number of fused-ring (bicyclic) bond motifs is 1. The molecule has 38 heavy (non-hydrogen) atoms. The zero-order valence-corrected chi connectivity index (χ0v) is 22.2.